The summed E-state index contributed by atoms with van der Waals surface area (Å²) in [5.74, 6) is -0.111. The van der Waals surface area contributed by atoms with Crippen LogP contribution in [-0.4, -0.2) is 16.1 Å². The summed E-state index contributed by atoms with van der Waals surface area (Å²) in [6.07, 6.45) is 7.90. The second kappa shape index (κ2) is 4.34. The molecule has 2 fully saturated rings. The smallest absolute Gasteiger partial charge is 0.316 e. The molecule has 0 amide bonds. The Balaban J connectivity index is 1.89. The van der Waals surface area contributed by atoms with Gasteiger partial charge in [0.2, 0.25) is 0 Å². The molecule has 1 heterocycles. The zero-order valence-electron chi connectivity index (χ0n) is 10.7. The summed E-state index contributed by atoms with van der Waals surface area (Å²) in [4.78, 5) is 17.3. The van der Waals surface area contributed by atoms with E-state index in [1.165, 1.54) is 42.7 Å². The second-order valence-corrected chi connectivity index (χ2v) is 6.89. The van der Waals surface area contributed by atoms with Crippen molar-refractivity contribution in [3.63, 3.8) is 0 Å². The van der Waals surface area contributed by atoms with Gasteiger partial charge in [-0.2, -0.15) is 0 Å². The van der Waals surface area contributed by atoms with Gasteiger partial charge in [-0.1, -0.05) is 19.3 Å². The van der Waals surface area contributed by atoms with Gasteiger partial charge < -0.3 is 5.11 Å². The molecule has 98 valence electrons. The molecule has 0 saturated heterocycles. The summed E-state index contributed by atoms with van der Waals surface area (Å²) in [5, 5.41) is 10.2. The molecule has 2 aliphatic carbocycles. The van der Waals surface area contributed by atoms with Crippen LogP contribution in [0.1, 0.15) is 66.4 Å². The van der Waals surface area contributed by atoms with E-state index in [0.717, 1.165) is 17.8 Å². The summed E-state index contributed by atoms with van der Waals surface area (Å²) >= 11 is 1.61. The van der Waals surface area contributed by atoms with E-state index in [1.54, 1.807) is 11.3 Å². The lowest BCUT2D eigenvalue weighted by Gasteiger charge is -2.20. The van der Waals surface area contributed by atoms with Crippen molar-refractivity contribution >= 4 is 17.3 Å². The molecular formula is C14H19NO2S. The fourth-order valence-corrected chi connectivity index (χ4v) is 4.25. The maximum Gasteiger partial charge on any atom is 0.316 e. The lowest BCUT2D eigenvalue weighted by atomic mass is 9.86. The van der Waals surface area contributed by atoms with Crippen LogP contribution < -0.4 is 0 Å². The van der Waals surface area contributed by atoms with Gasteiger partial charge in [-0.25, -0.2) is 4.98 Å². The fraction of sp³-hybridized carbons (Fsp3) is 0.714. The molecule has 3 rings (SSSR count). The van der Waals surface area contributed by atoms with Crippen LogP contribution in [0.4, 0.5) is 0 Å². The topological polar surface area (TPSA) is 50.2 Å². The minimum Gasteiger partial charge on any atom is -0.481 e. The van der Waals surface area contributed by atoms with Gasteiger partial charge in [0.15, 0.2) is 0 Å². The molecule has 1 aromatic heterocycles. The van der Waals surface area contributed by atoms with E-state index in [2.05, 4.69) is 6.92 Å². The first kappa shape index (κ1) is 12.2. The molecule has 0 unspecified atom stereocenters. The summed E-state index contributed by atoms with van der Waals surface area (Å²) in [6.45, 7) is 2.10. The number of rotatable bonds is 3. The molecule has 0 aromatic carbocycles. The molecule has 0 aliphatic heterocycles. The highest BCUT2D eigenvalue weighted by molar-refractivity contribution is 7.12. The maximum absolute atomic E-state index is 11.3. The van der Waals surface area contributed by atoms with Crippen molar-refractivity contribution < 1.29 is 9.90 Å². The van der Waals surface area contributed by atoms with Crippen molar-refractivity contribution in [3.05, 3.63) is 15.6 Å². The number of carboxylic acid groups (broad SMARTS) is 1. The van der Waals surface area contributed by atoms with Crippen LogP contribution in [0, 0.1) is 6.92 Å². The quantitative estimate of drug-likeness (QED) is 0.908. The number of aliphatic carboxylic acids is 1. The largest absolute Gasteiger partial charge is 0.481 e. The number of hydrogen-bond acceptors (Lipinski definition) is 3. The van der Waals surface area contributed by atoms with E-state index in [1.807, 2.05) is 0 Å². The van der Waals surface area contributed by atoms with Crippen molar-refractivity contribution in [1.29, 1.82) is 0 Å². The molecule has 2 saturated carbocycles. The molecule has 0 radical (unpaired) electrons. The number of nitrogens with zero attached hydrogens (tertiary/aromatic N) is 1. The van der Waals surface area contributed by atoms with Crippen LogP contribution in [0.25, 0.3) is 0 Å². The van der Waals surface area contributed by atoms with Crippen LogP contribution in [0.3, 0.4) is 0 Å². The molecule has 2 aliphatic rings. The molecule has 0 atom stereocenters. The minimum atomic E-state index is -0.688. The summed E-state index contributed by atoms with van der Waals surface area (Å²) in [5.41, 5.74) is 0.574. The lowest BCUT2D eigenvalue weighted by Crippen LogP contribution is -2.19. The predicted octanol–water partition coefficient (Wildman–Crippen LogP) is 3.62. The lowest BCUT2D eigenvalue weighted by molar-refractivity contribution is -0.140. The van der Waals surface area contributed by atoms with Gasteiger partial charge in [0.1, 0.15) is 10.4 Å². The Labute approximate surface area is 111 Å². The maximum atomic E-state index is 11.3. The van der Waals surface area contributed by atoms with Gasteiger partial charge >= 0.3 is 5.97 Å². The Morgan fingerprint density at radius 2 is 2.00 bits per heavy atom. The fourth-order valence-electron chi connectivity index (χ4n) is 3.01. The van der Waals surface area contributed by atoms with Gasteiger partial charge in [0.25, 0.3) is 0 Å². The van der Waals surface area contributed by atoms with Crippen LogP contribution in [0.2, 0.25) is 0 Å². The molecule has 1 aromatic rings. The zero-order valence-corrected chi connectivity index (χ0v) is 11.6. The highest BCUT2D eigenvalue weighted by atomic mass is 32.1. The van der Waals surface area contributed by atoms with Crippen LogP contribution in [0.15, 0.2) is 0 Å². The molecule has 18 heavy (non-hydrogen) atoms. The first-order chi connectivity index (χ1) is 8.63. The summed E-state index contributed by atoms with van der Waals surface area (Å²) < 4.78 is 0. The number of hydrogen-bond donors (Lipinski definition) is 1. The predicted molar refractivity (Wildman–Crippen MR) is 71.2 cm³/mol. The Morgan fingerprint density at radius 1 is 1.33 bits per heavy atom. The number of carboxylic acids is 1. The average molecular weight is 265 g/mol. The monoisotopic (exact) mass is 265 g/mol. The van der Waals surface area contributed by atoms with Gasteiger partial charge in [-0.15, -0.1) is 11.3 Å². The SMILES string of the molecule is Cc1sc(C2(C(=O)O)CC2)nc1C1CCCCC1. The van der Waals surface area contributed by atoms with Gasteiger partial charge in [0, 0.05) is 10.8 Å². The first-order valence-electron chi connectivity index (χ1n) is 6.85. The number of aryl methyl sites for hydroxylation is 1. The van der Waals surface area contributed by atoms with Crippen molar-refractivity contribution in [3.8, 4) is 0 Å². The molecule has 3 nitrogen and oxygen atoms in total. The summed E-state index contributed by atoms with van der Waals surface area (Å²) in [7, 11) is 0. The molecule has 4 heteroatoms. The van der Waals surface area contributed by atoms with Crippen molar-refractivity contribution in [1.82, 2.24) is 4.98 Å². The third-order valence-electron chi connectivity index (χ3n) is 4.39. The van der Waals surface area contributed by atoms with Crippen molar-refractivity contribution in [2.24, 2.45) is 0 Å². The number of aromatic nitrogens is 1. The van der Waals surface area contributed by atoms with Crippen LogP contribution in [-0.2, 0) is 10.2 Å². The van der Waals surface area contributed by atoms with Crippen molar-refractivity contribution in [2.75, 3.05) is 0 Å². The van der Waals surface area contributed by atoms with E-state index in [0.29, 0.717) is 5.92 Å². The normalized spacial score (nSPS) is 22.9. The molecular weight excluding hydrogens is 246 g/mol. The average Bonchev–Trinajstić information content (AvgIpc) is 3.09. The minimum absolute atomic E-state index is 0.577. The van der Waals surface area contributed by atoms with Gasteiger partial charge in [-0.05, 0) is 32.6 Å². The Bertz CT molecular complexity index is 470. The molecule has 0 spiro atoms. The number of thiazole rings is 1. The Kier molecular flexibility index (Phi) is 2.93. The third-order valence-corrected chi connectivity index (χ3v) is 5.58. The van der Waals surface area contributed by atoms with Gasteiger partial charge in [0.05, 0.1) is 5.69 Å². The van der Waals surface area contributed by atoms with E-state index in [9.17, 15) is 9.90 Å². The first-order valence-corrected chi connectivity index (χ1v) is 7.66. The number of carbonyl (C=O) groups is 1. The molecule has 0 bridgehead atoms. The van der Waals surface area contributed by atoms with E-state index >= 15 is 0 Å². The highest BCUT2D eigenvalue weighted by Crippen LogP contribution is 2.51. The Hall–Kier alpha value is -0.900. The summed E-state index contributed by atoms with van der Waals surface area (Å²) in [6, 6.07) is 0. The standard InChI is InChI=1S/C14H19NO2S/c1-9-11(10-5-3-2-4-6-10)15-12(18-9)14(7-8-14)13(16)17/h10H,2-8H2,1H3,(H,16,17). The molecule has 1 N–H and O–H groups in total. The van der Waals surface area contributed by atoms with E-state index in [4.69, 9.17) is 4.98 Å². The van der Waals surface area contributed by atoms with Crippen molar-refractivity contribution in [2.45, 2.75) is 63.2 Å². The van der Waals surface area contributed by atoms with Crippen LogP contribution >= 0.6 is 11.3 Å². The van der Waals surface area contributed by atoms with E-state index in [-0.39, 0.29) is 0 Å². The highest BCUT2D eigenvalue weighted by Gasteiger charge is 2.54. The second-order valence-electron chi connectivity index (χ2n) is 5.68. The third kappa shape index (κ3) is 1.87. The zero-order chi connectivity index (χ0) is 12.8. The van der Waals surface area contributed by atoms with Crippen LogP contribution in [0.5, 0.6) is 0 Å². The Morgan fingerprint density at radius 3 is 2.56 bits per heavy atom. The van der Waals surface area contributed by atoms with Gasteiger partial charge in [-0.3, -0.25) is 4.79 Å². The van der Waals surface area contributed by atoms with E-state index < -0.39 is 11.4 Å².